The van der Waals surface area contributed by atoms with E-state index in [0.717, 1.165) is 11.3 Å². The van der Waals surface area contributed by atoms with Crippen molar-refractivity contribution in [2.45, 2.75) is 13.5 Å². The first-order chi connectivity index (χ1) is 8.85. The number of H-pyrrole nitrogens is 1. The number of nitrogens with zero attached hydrogens (tertiary/aromatic N) is 5. The summed E-state index contributed by atoms with van der Waals surface area (Å²) in [5, 5.41) is 4.03. The Morgan fingerprint density at radius 2 is 2.28 bits per heavy atom. The van der Waals surface area contributed by atoms with Gasteiger partial charge < -0.3 is 9.72 Å². The maximum atomic E-state index is 5.34. The molecule has 0 saturated heterocycles. The topological polar surface area (TPSA) is 81.5 Å². The van der Waals surface area contributed by atoms with E-state index in [9.17, 15) is 0 Å². The van der Waals surface area contributed by atoms with E-state index < -0.39 is 0 Å². The number of aromatic amines is 1. The summed E-state index contributed by atoms with van der Waals surface area (Å²) in [5.74, 6) is 1.38. The average Bonchev–Trinajstić information content (AvgIpc) is 2.98. The largest absolute Gasteiger partial charge is 0.478 e. The molecule has 3 rings (SSSR count). The lowest BCUT2D eigenvalue weighted by Gasteiger charge is -1.99. The first-order valence-electron chi connectivity index (χ1n) is 5.66. The Bertz CT molecular complexity index is 645. The third-order valence-electron chi connectivity index (χ3n) is 2.44. The molecule has 0 saturated carbocycles. The van der Waals surface area contributed by atoms with Crippen LogP contribution in [0.15, 0.2) is 24.8 Å². The summed E-state index contributed by atoms with van der Waals surface area (Å²) in [6.45, 7) is 3.06. The number of imidazole rings is 1. The summed E-state index contributed by atoms with van der Waals surface area (Å²) in [5.41, 5.74) is 1.53. The molecule has 0 fully saturated rings. The molecule has 0 unspecified atom stereocenters. The van der Waals surface area contributed by atoms with E-state index in [1.807, 2.05) is 19.1 Å². The molecule has 0 atom stereocenters. The van der Waals surface area contributed by atoms with Gasteiger partial charge in [-0.1, -0.05) is 0 Å². The van der Waals surface area contributed by atoms with E-state index >= 15 is 0 Å². The summed E-state index contributed by atoms with van der Waals surface area (Å²) in [6, 6.07) is 3.73. The molecule has 3 aromatic heterocycles. The number of fused-ring (bicyclic) bond motifs is 1. The number of hydrogen-bond acceptors (Lipinski definition) is 5. The zero-order valence-electron chi connectivity index (χ0n) is 9.87. The third kappa shape index (κ3) is 2.02. The molecular weight excluding hydrogens is 232 g/mol. The van der Waals surface area contributed by atoms with Crippen LogP contribution in [-0.2, 0) is 6.54 Å². The summed E-state index contributed by atoms with van der Waals surface area (Å²) in [6.07, 6.45) is 3.14. The molecule has 0 aliphatic heterocycles. The molecule has 1 N–H and O–H groups in total. The van der Waals surface area contributed by atoms with Crippen molar-refractivity contribution >= 4 is 11.2 Å². The molecular formula is C11H12N6O. The lowest BCUT2D eigenvalue weighted by Crippen LogP contribution is -2.01. The van der Waals surface area contributed by atoms with Gasteiger partial charge in [0.05, 0.1) is 12.1 Å². The van der Waals surface area contributed by atoms with Crippen molar-refractivity contribution < 1.29 is 4.74 Å². The van der Waals surface area contributed by atoms with Gasteiger partial charge in [0.1, 0.15) is 25.0 Å². The summed E-state index contributed by atoms with van der Waals surface area (Å²) < 4.78 is 7.03. The fourth-order valence-corrected chi connectivity index (χ4v) is 1.70. The van der Waals surface area contributed by atoms with E-state index in [0.29, 0.717) is 24.7 Å². The van der Waals surface area contributed by atoms with Crippen LogP contribution in [0.2, 0.25) is 0 Å². The van der Waals surface area contributed by atoms with Crippen molar-refractivity contribution in [1.29, 1.82) is 0 Å². The van der Waals surface area contributed by atoms with Crippen molar-refractivity contribution in [1.82, 2.24) is 29.7 Å². The predicted octanol–water partition coefficient (Wildman–Crippen LogP) is 0.996. The highest BCUT2D eigenvalue weighted by Crippen LogP contribution is 2.14. The van der Waals surface area contributed by atoms with Gasteiger partial charge in [0.15, 0.2) is 5.65 Å². The minimum Gasteiger partial charge on any atom is -0.478 e. The smallest absolute Gasteiger partial charge is 0.215 e. The number of ether oxygens (including phenoxy) is 1. The van der Waals surface area contributed by atoms with Crippen molar-refractivity contribution in [3.63, 3.8) is 0 Å². The van der Waals surface area contributed by atoms with E-state index in [4.69, 9.17) is 4.74 Å². The van der Waals surface area contributed by atoms with Gasteiger partial charge in [-0.3, -0.25) is 0 Å². The Balaban J connectivity index is 1.90. The van der Waals surface area contributed by atoms with E-state index in [1.165, 1.54) is 6.33 Å². The SMILES string of the molecule is CCOc1ccc2[nH]c(Cn3cncn3)nc2n1. The first kappa shape index (κ1) is 10.7. The van der Waals surface area contributed by atoms with E-state index in [-0.39, 0.29) is 0 Å². The van der Waals surface area contributed by atoms with Gasteiger partial charge in [0.2, 0.25) is 5.88 Å². The van der Waals surface area contributed by atoms with E-state index in [2.05, 4.69) is 25.0 Å². The van der Waals surface area contributed by atoms with Crippen LogP contribution in [0.25, 0.3) is 11.2 Å². The molecule has 0 amide bonds. The van der Waals surface area contributed by atoms with Crippen LogP contribution in [0.1, 0.15) is 12.7 Å². The Kier molecular flexibility index (Phi) is 2.64. The molecule has 0 bridgehead atoms. The molecule has 0 radical (unpaired) electrons. The standard InChI is InChI=1S/C11H12N6O/c1-2-18-10-4-3-8-11(16-10)15-9(14-8)5-17-7-12-6-13-17/h3-4,6-7H,2,5H2,1H3,(H,14,15,16). The van der Waals surface area contributed by atoms with Crippen molar-refractivity contribution in [2.24, 2.45) is 0 Å². The molecule has 92 valence electrons. The summed E-state index contributed by atoms with van der Waals surface area (Å²) in [7, 11) is 0. The van der Waals surface area contributed by atoms with Crippen molar-refractivity contribution in [3.05, 3.63) is 30.6 Å². The molecule has 0 aliphatic carbocycles. The van der Waals surface area contributed by atoms with Crippen molar-refractivity contribution in [3.8, 4) is 5.88 Å². The highest BCUT2D eigenvalue weighted by Gasteiger charge is 2.06. The molecule has 0 spiro atoms. The normalized spacial score (nSPS) is 10.9. The molecule has 3 aromatic rings. The number of aromatic nitrogens is 6. The number of pyridine rings is 1. The molecule has 18 heavy (non-hydrogen) atoms. The predicted molar refractivity (Wildman–Crippen MR) is 64.2 cm³/mol. The Hall–Kier alpha value is -2.44. The quantitative estimate of drug-likeness (QED) is 0.740. The highest BCUT2D eigenvalue weighted by molar-refractivity contribution is 5.71. The maximum absolute atomic E-state index is 5.34. The molecule has 0 aliphatic rings. The third-order valence-corrected chi connectivity index (χ3v) is 2.44. The van der Waals surface area contributed by atoms with Crippen LogP contribution in [0, 0.1) is 0 Å². The zero-order valence-corrected chi connectivity index (χ0v) is 9.87. The van der Waals surface area contributed by atoms with Crippen LogP contribution in [-0.4, -0.2) is 36.3 Å². The van der Waals surface area contributed by atoms with E-state index in [1.54, 1.807) is 11.0 Å². The monoisotopic (exact) mass is 244 g/mol. The molecule has 0 aromatic carbocycles. The van der Waals surface area contributed by atoms with Gasteiger partial charge in [-0.05, 0) is 13.0 Å². The van der Waals surface area contributed by atoms with Gasteiger partial charge >= 0.3 is 0 Å². The number of hydrogen-bond donors (Lipinski definition) is 1. The van der Waals surface area contributed by atoms with Crippen LogP contribution in [0.5, 0.6) is 5.88 Å². The van der Waals surface area contributed by atoms with Crippen LogP contribution >= 0.6 is 0 Å². The molecule has 7 nitrogen and oxygen atoms in total. The van der Waals surface area contributed by atoms with Crippen LogP contribution in [0.3, 0.4) is 0 Å². The lowest BCUT2D eigenvalue weighted by molar-refractivity contribution is 0.328. The second kappa shape index (κ2) is 4.44. The van der Waals surface area contributed by atoms with Gasteiger partial charge in [0, 0.05) is 6.07 Å². The number of rotatable bonds is 4. The zero-order chi connectivity index (χ0) is 12.4. The fraction of sp³-hybridized carbons (Fsp3) is 0.273. The van der Waals surface area contributed by atoms with Gasteiger partial charge in [-0.2, -0.15) is 10.1 Å². The average molecular weight is 244 g/mol. The minimum absolute atomic E-state index is 0.542. The van der Waals surface area contributed by atoms with Crippen LogP contribution < -0.4 is 4.74 Å². The maximum Gasteiger partial charge on any atom is 0.215 e. The summed E-state index contributed by atoms with van der Waals surface area (Å²) in [4.78, 5) is 15.8. The Morgan fingerprint density at radius 3 is 3.06 bits per heavy atom. The fourth-order valence-electron chi connectivity index (χ4n) is 1.70. The van der Waals surface area contributed by atoms with Gasteiger partial charge in [-0.15, -0.1) is 0 Å². The minimum atomic E-state index is 0.542. The Labute approximate surface area is 103 Å². The Morgan fingerprint density at radius 1 is 1.33 bits per heavy atom. The molecule has 3 heterocycles. The van der Waals surface area contributed by atoms with Crippen LogP contribution in [0.4, 0.5) is 0 Å². The van der Waals surface area contributed by atoms with Crippen molar-refractivity contribution in [2.75, 3.05) is 6.61 Å². The van der Waals surface area contributed by atoms with Gasteiger partial charge in [0.25, 0.3) is 0 Å². The molecule has 7 heteroatoms. The second-order valence-corrected chi connectivity index (χ2v) is 3.73. The van der Waals surface area contributed by atoms with Gasteiger partial charge in [-0.25, -0.2) is 14.6 Å². The number of nitrogens with one attached hydrogen (secondary N) is 1. The lowest BCUT2D eigenvalue weighted by atomic mass is 10.4. The highest BCUT2D eigenvalue weighted by atomic mass is 16.5. The first-order valence-corrected chi connectivity index (χ1v) is 5.66. The summed E-state index contributed by atoms with van der Waals surface area (Å²) >= 11 is 0. The second-order valence-electron chi connectivity index (χ2n) is 3.73.